The Morgan fingerprint density at radius 2 is 2.24 bits per heavy atom. The predicted octanol–water partition coefficient (Wildman–Crippen LogP) is 2.34. The molecule has 1 N–H and O–H groups in total. The third-order valence-corrected chi connectivity index (χ3v) is 4.94. The first-order valence-corrected chi connectivity index (χ1v) is 7.52. The molecule has 1 aliphatic heterocycles. The summed E-state index contributed by atoms with van der Waals surface area (Å²) in [6.45, 7) is 6.77. The molecule has 3 rings (SSSR count). The molecule has 94 valence electrons. The number of nitrogens with zero attached hydrogens (tertiary/aromatic N) is 2. The van der Waals surface area contributed by atoms with Crippen LogP contribution in [0, 0.1) is 6.92 Å². The lowest BCUT2D eigenvalue weighted by atomic mass is 10.2. The van der Waals surface area contributed by atoms with E-state index in [1.165, 1.54) is 37.4 Å². The van der Waals surface area contributed by atoms with Crippen molar-refractivity contribution in [1.82, 2.24) is 15.2 Å². The fourth-order valence-electron chi connectivity index (χ4n) is 2.58. The summed E-state index contributed by atoms with van der Waals surface area (Å²) in [4.78, 5) is 7.18. The third-order valence-electron chi connectivity index (χ3n) is 3.81. The van der Waals surface area contributed by atoms with Gasteiger partial charge in [0.1, 0.15) is 5.01 Å². The smallest absolute Gasteiger partial charge is 0.110 e. The normalized spacial score (nSPS) is 27.5. The van der Waals surface area contributed by atoms with Crippen molar-refractivity contribution in [3.63, 3.8) is 0 Å². The van der Waals surface area contributed by atoms with Crippen LogP contribution < -0.4 is 5.32 Å². The Morgan fingerprint density at radius 3 is 2.88 bits per heavy atom. The van der Waals surface area contributed by atoms with Crippen LogP contribution in [0.1, 0.15) is 42.9 Å². The molecule has 1 saturated heterocycles. The second kappa shape index (κ2) is 4.67. The van der Waals surface area contributed by atoms with Gasteiger partial charge in [-0.3, -0.25) is 4.90 Å². The van der Waals surface area contributed by atoms with Crippen molar-refractivity contribution in [2.45, 2.75) is 51.2 Å². The van der Waals surface area contributed by atoms with E-state index in [-0.39, 0.29) is 0 Å². The maximum atomic E-state index is 4.61. The number of thiazole rings is 1. The number of rotatable bonds is 4. The van der Waals surface area contributed by atoms with Crippen molar-refractivity contribution >= 4 is 11.3 Å². The van der Waals surface area contributed by atoms with Crippen molar-refractivity contribution in [2.75, 3.05) is 13.1 Å². The maximum Gasteiger partial charge on any atom is 0.110 e. The van der Waals surface area contributed by atoms with E-state index >= 15 is 0 Å². The number of hydrogen-bond donors (Lipinski definition) is 1. The van der Waals surface area contributed by atoms with Crippen LogP contribution >= 0.6 is 11.3 Å². The standard InChI is InChI=1S/C13H21N3S/c1-9-8-17-13(14-9)10(2)16-6-5-12(7-16)15-11-3-4-11/h8,10-12,15H,3-7H2,1-2H3. The zero-order valence-corrected chi connectivity index (χ0v) is 11.5. The van der Waals surface area contributed by atoms with Crippen molar-refractivity contribution in [2.24, 2.45) is 0 Å². The number of nitrogens with one attached hydrogen (secondary N) is 1. The minimum atomic E-state index is 0.486. The van der Waals surface area contributed by atoms with Crippen molar-refractivity contribution in [3.8, 4) is 0 Å². The van der Waals surface area contributed by atoms with E-state index in [0.29, 0.717) is 12.1 Å². The molecule has 0 radical (unpaired) electrons. The van der Waals surface area contributed by atoms with Gasteiger partial charge in [-0.25, -0.2) is 4.98 Å². The molecule has 4 heteroatoms. The zero-order chi connectivity index (χ0) is 11.8. The molecule has 17 heavy (non-hydrogen) atoms. The van der Waals surface area contributed by atoms with Gasteiger partial charge in [0, 0.05) is 36.2 Å². The van der Waals surface area contributed by atoms with Gasteiger partial charge in [-0.05, 0) is 33.1 Å². The van der Waals surface area contributed by atoms with Gasteiger partial charge in [0.05, 0.1) is 6.04 Å². The first-order valence-electron chi connectivity index (χ1n) is 6.64. The summed E-state index contributed by atoms with van der Waals surface area (Å²) in [5, 5.41) is 7.16. The summed E-state index contributed by atoms with van der Waals surface area (Å²) in [6.07, 6.45) is 4.07. The molecule has 0 aromatic carbocycles. The number of likely N-dealkylation sites (tertiary alicyclic amines) is 1. The van der Waals surface area contributed by atoms with E-state index in [9.17, 15) is 0 Å². The minimum absolute atomic E-state index is 0.486. The summed E-state index contributed by atoms with van der Waals surface area (Å²) in [5.74, 6) is 0. The SMILES string of the molecule is Cc1csc(C(C)N2CCC(NC3CC3)C2)n1. The summed E-state index contributed by atoms with van der Waals surface area (Å²) < 4.78 is 0. The van der Waals surface area contributed by atoms with Gasteiger partial charge < -0.3 is 5.32 Å². The fraction of sp³-hybridized carbons (Fsp3) is 0.769. The second-order valence-electron chi connectivity index (χ2n) is 5.42. The average Bonchev–Trinajstić information content (AvgIpc) is 2.83. The van der Waals surface area contributed by atoms with E-state index in [0.717, 1.165) is 11.7 Å². The van der Waals surface area contributed by atoms with Gasteiger partial charge in [-0.1, -0.05) is 0 Å². The Kier molecular flexibility index (Phi) is 3.19. The van der Waals surface area contributed by atoms with E-state index in [1.54, 1.807) is 11.3 Å². The highest BCUT2D eigenvalue weighted by Crippen LogP contribution is 2.28. The van der Waals surface area contributed by atoms with Crippen LogP contribution in [0.25, 0.3) is 0 Å². The van der Waals surface area contributed by atoms with E-state index in [2.05, 4.69) is 34.4 Å². The number of hydrogen-bond acceptors (Lipinski definition) is 4. The Bertz CT molecular complexity index is 386. The van der Waals surface area contributed by atoms with Crippen LogP contribution in [0.2, 0.25) is 0 Å². The summed E-state index contributed by atoms with van der Waals surface area (Å²) in [5.41, 5.74) is 1.16. The lowest BCUT2D eigenvalue weighted by Gasteiger charge is -2.22. The lowest BCUT2D eigenvalue weighted by molar-refractivity contribution is 0.255. The van der Waals surface area contributed by atoms with Crippen LogP contribution in [-0.2, 0) is 0 Å². The first-order chi connectivity index (χ1) is 8.22. The van der Waals surface area contributed by atoms with E-state index < -0.39 is 0 Å². The van der Waals surface area contributed by atoms with Crippen LogP contribution in [0.4, 0.5) is 0 Å². The molecule has 2 aliphatic rings. The second-order valence-corrected chi connectivity index (χ2v) is 6.31. The molecule has 1 aliphatic carbocycles. The van der Waals surface area contributed by atoms with Crippen molar-refractivity contribution < 1.29 is 0 Å². The fourth-order valence-corrected chi connectivity index (χ4v) is 3.47. The predicted molar refractivity (Wildman–Crippen MR) is 71.4 cm³/mol. The van der Waals surface area contributed by atoms with Crippen molar-refractivity contribution in [3.05, 3.63) is 16.1 Å². The Labute approximate surface area is 107 Å². The molecular formula is C13H21N3S. The molecule has 1 saturated carbocycles. The third kappa shape index (κ3) is 2.69. The molecule has 2 heterocycles. The van der Waals surface area contributed by atoms with Gasteiger partial charge in [-0.15, -0.1) is 11.3 Å². The van der Waals surface area contributed by atoms with Gasteiger partial charge in [0.2, 0.25) is 0 Å². The van der Waals surface area contributed by atoms with Gasteiger partial charge >= 0.3 is 0 Å². The largest absolute Gasteiger partial charge is 0.310 e. The highest BCUT2D eigenvalue weighted by atomic mass is 32.1. The van der Waals surface area contributed by atoms with Gasteiger partial charge in [0.25, 0.3) is 0 Å². The summed E-state index contributed by atoms with van der Waals surface area (Å²) in [7, 11) is 0. The molecule has 3 nitrogen and oxygen atoms in total. The number of aromatic nitrogens is 1. The van der Waals surface area contributed by atoms with Crippen molar-refractivity contribution in [1.29, 1.82) is 0 Å². The monoisotopic (exact) mass is 251 g/mol. The van der Waals surface area contributed by atoms with E-state index in [4.69, 9.17) is 0 Å². The zero-order valence-electron chi connectivity index (χ0n) is 10.6. The summed E-state index contributed by atoms with van der Waals surface area (Å²) >= 11 is 1.80. The summed E-state index contributed by atoms with van der Waals surface area (Å²) in [6, 6.07) is 2.03. The van der Waals surface area contributed by atoms with Gasteiger partial charge in [-0.2, -0.15) is 0 Å². The maximum absolute atomic E-state index is 4.61. The highest BCUT2D eigenvalue weighted by molar-refractivity contribution is 7.09. The molecule has 0 amide bonds. The molecular weight excluding hydrogens is 230 g/mol. The van der Waals surface area contributed by atoms with Crippen LogP contribution in [-0.4, -0.2) is 35.1 Å². The Hall–Kier alpha value is -0.450. The highest BCUT2D eigenvalue weighted by Gasteiger charge is 2.31. The van der Waals surface area contributed by atoms with E-state index in [1.807, 2.05) is 0 Å². The van der Waals surface area contributed by atoms with Gasteiger partial charge in [0.15, 0.2) is 0 Å². The van der Waals surface area contributed by atoms with Crippen LogP contribution in [0.3, 0.4) is 0 Å². The molecule has 0 spiro atoms. The minimum Gasteiger partial charge on any atom is -0.310 e. The molecule has 1 aromatic heterocycles. The quantitative estimate of drug-likeness (QED) is 0.890. The molecule has 2 fully saturated rings. The molecule has 1 aromatic rings. The topological polar surface area (TPSA) is 28.2 Å². The molecule has 0 bridgehead atoms. The number of aryl methyl sites for hydroxylation is 1. The van der Waals surface area contributed by atoms with Crippen LogP contribution in [0.5, 0.6) is 0 Å². The molecule has 2 unspecified atom stereocenters. The molecule has 2 atom stereocenters. The van der Waals surface area contributed by atoms with Crippen LogP contribution in [0.15, 0.2) is 5.38 Å². The lowest BCUT2D eigenvalue weighted by Crippen LogP contribution is -2.34. The first kappa shape index (κ1) is 11.6. The Morgan fingerprint density at radius 1 is 1.41 bits per heavy atom. The average molecular weight is 251 g/mol. The Balaban J connectivity index is 1.57.